The maximum absolute atomic E-state index is 3.70. The van der Waals surface area contributed by atoms with E-state index in [1.165, 1.54) is 43.7 Å². The highest BCUT2D eigenvalue weighted by molar-refractivity contribution is 7.99. The molecule has 1 nitrogen and oxygen atoms in total. The van der Waals surface area contributed by atoms with Crippen molar-refractivity contribution < 1.29 is 0 Å². The lowest BCUT2D eigenvalue weighted by Crippen LogP contribution is -2.41. The first-order valence-corrected chi connectivity index (χ1v) is 6.25. The standard InChI is InChI=1S/C10H19NS/c1-10(4-2-5-10)8-11-9-3-6-12-7-9/h9,11H,2-8H2,1H3. The van der Waals surface area contributed by atoms with Crippen LogP contribution in [0.5, 0.6) is 0 Å². The molecule has 1 aliphatic heterocycles. The van der Waals surface area contributed by atoms with E-state index in [2.05, 4.69) is 24.0 Å². The van der Waals surface area contributed by atoms with Crippen LogP contribution in [0.2, 0.25) is 0 Å². The molecule has 1 saturated carbocycles. The first kappa shape index (κ1) is 8.89. The van der Waals surface area contributed by atoms with Crippen molar-refractivity contribution in [2.24, 2.45) is 5.41 Å². The van der Waals surface area contributed by atoms with Crippen LogP contribution in [0.25, 0.3) is 0 Å². The third-order valence-corrected chi connectivity index (χ3v) is 4.47. The van der Waals surface area contributed by atoms with E-state index in [-0.39, 0.29) is 0 Å². The Morgan fingerprint density at radius 1 is 1.50 bits per heavy atom. The molecule has 0 amide bonds. The zero-order chi connectivity index (χ0) is 8.44. The molecule has 1 N–H and O–H groups in total. The maximum Gasteiger partial charge on any atom is 0.0166 e. The van der Waals surface area contributed by atoms with Gasteiger partial charge in [-0.25, -0.2) is 0 Å². The highest BCUT2D eigenvalue weighted by atomic mass is 32.2. The molecule has 1 saturated heterocycles. The average molecular weight is 185 g/mol. The smallest absolute Gasteiger partial charge is 0.0166 e. The van der Waals surface area contributed by atoms with Gasteiger partial charge in [-0.3, -0.25) is 0 Å². The van der Waals surface area contributed by atoms with E-state index in [0.29, 0.717) is 5.41 Å². The predicted molar refractivity (Wildman–Crippen MR) is 55.7 cm³/mol. The Labute approximate surface area is 79.7 Å². The van der Waals surface area contributed by atoms with Crippen molar-refractivity contribution in [1.82, 2.24) is 5.32 Å². The van der Waals surface area contributed by atoms with Gasteiger partial charge < -0.3 is 5.32 Å². The lowest BCUT2D eigenvalue weighted by Gasteiger charge is -2.39. The van der Waals surface area contributed by atoms with E-state index in [0.717, 1.165) is 6.04 Å². The summed E-state index contributed by atoms with van der Waals surface area (Å²) >= 11 is 2.10. The number of hydrogen-bond donors (Lipinski definition) is 1. The van der Waals surface area contributed by atoms with Crippen LogP contribution >= 0.6 is 11.8 Å². The third-order valence-electron chi connectivity index (χ3n) is 3.31. The fourth-order valence-electron chi connectivity index (χ4n) is 2.04. The molecule has 0 radical (unpaired) electrons. The second-order valence-corrected chi connectivity index (χ2v) is 5.76. The molecule has 1 atom stereocenters. The molecule has 0 aromatic heterocycles. The van der Waals surface area contributed by atoms with Crippen LogP contribution in [-0.2, 0) is 0 Å². The van der Waals surface area contributed by atoms with Crippen LogP contribution in [0, 0.1) is 5.41 Å². The summed E-state index contributed by atoms with van der Waals surface area (Å²) in [6, 6.07) is 0.826. The van der Waals surface area contributed by atoms with Crippen LogP contribution in [0.4, 0.5) is 0 Å². The van der Waals surface area contributed by atoms with Crippen molar-refractivity contribution >= 4 is 11.8 Å². The summed E-state index contributed by atoms with van der Waals surface area (Å²) in [4.78, 5) is 0. The molecule has 0 bridgehead atoms. The molecular weight excluding hydrogens is 166 g/mol. The van der Waals surface area contributed by atoms with Gasteiger partial charge in [0, 0.05) is 18.3 Å². The minimum atomic E-state index is 0.660. The van der Waals surface area contributed by atoms with Gasteiger partial charge in [0.15, 0.2) is 0 Å². The van der Waals surface area contributed by atoms with Crippen molar-refractivity contribution in [3.63, 3.8) is 0 Å². The zero-order valence-corrected chi connectivity index (χ0v) is 8.75. The van der Waals surface area contributed by atoms with E-state index in [1.807, 2.05) is 0 Å². The number of rotatable bonds is 3. The lowest BCUT2D eigenvalue weighted by atomic mass is 9.70. The van der Waals surface area contributed by atoms with Crippen LogP contribution in [0.3, 0.4) is 0 Å². The Morgan fingerprint density at radius 3 is 2.83 bits per heavy atom. The molecule has 1 heterocycles. The largest absolute Gasteiger partial charge is 0.313 e. The van der Waals surface area contributed by atoms with E-state index in [4.69, 9.17) is 0 Å². The van der Waals surface area contributed by atoms with Crippen LogP contribution in [0.15, 0.2) is 0 Å². The molecule has 2 aliphatic rings. The molecule has 70 valence electrons. The molecule has 1 unspecified atom stereocenters. The summed E-state index contributed by atoms with van der Waals surface area (Å²) in [5, 5.41) is 3.70. The molecule has 0 spiro atoms. The van der Waals surface area contributed by atoms with E-state index >= 15 is 0 Å². The number of thioether (sulfide) groups is 1. The molecule has 0 aromatic carbocycles. The molecule has 0 aromatic rings. The van der Waals surface area contributed by atoms with Gasteiger partial charge in [0.05, 0.1) is 0 Å². The molecule has 2 rings (SSSR count). The predicted octanol–water partition coefficient (Wildman–Crippen LogP) is 2.27. The molecule has 2 heteroatoms. The van der Waals surface area contributed by atoms with Gasteiger partial charge in [0.2, 0.25) is 0 Å². The zero-order valence-electron chi connectivity index (χ0n) is 7.94. The molecule has 2 fully saturated rings. The monoisotopic (exact) mass is 185 g/mol. The summed E-state index contributed by atoms with van der Waals surface area (Å²) in [6.45, 7) is 3.68. The van der Waals surface area contributed by atoms with Gasteiger partial charge in [0.25, 0.3) is 0 Å². The van der Waals surface area contributed by atoms with Crippen molar-refractivity contribution in [3.05, 3.63) is 0 Å². The Bertz CT molecular complexity index is 148. The summed E-state index contributed by atoms with van der Waals surface area (Å²) in [5.41, 5.74) is 0.660. The minimum absolute atomic E-state index is 0.660. The van der Waals surface area contributed by atoms with Crippen LogP contribution in [0.1, 0.15) is 32.6 Å². The fraction of sp³-hybridized carbons (Fsp3) is 1.00. The lowest BCUT2D eigenvalue weighted by molar-refractivity contribution is 0.152. The second kappa shape index (κ2) is 3.59. The second-order valence-electron chi connectivity index (χ2n) is 4.61. The Balaban J connectivity index is 1.67. The van der Waals surface area contributed by atoms with Gasteiger partial charge in [0.1, 0.15) is 0 Å². The highest BCUT2D eigenvalue weighted by Crippen LogP contribution is 2.39. The average Bonchev–Trinajstić information content (AvgIpc) is 2.49. The van der Waals surface area contributed by atoms with Gasteiger partial charge in [-0.15, -0.1) is 0 Å². The molecular formula is C10H19NS. The topological polar surface area (TPSA) is 12.0 Å². The Kier molecular flexibility index (Phi) is 2.66. The van der Waals surface area contributed by atoms with Crippen molar-refractivity contribution in [1.29, 1.82) is 0 Å². The normalized spacial score (nSPS) is 33.2. The summed E-state index contributed by atoms with van der Waals surface area (Å²) < 4.78 is 0. The van der Waals surface area contributed by atoms with Crippen LogP contribution in [-0.4, -0.2) is 24.1 Å². The Morgan fingerprint density at radius 2 is 2.33 bits per heavy atom. The SMILES string of the molecule is CC1(CNC2CCSC2)CCC1. The van der Waals surface area contributed by atoms with Crippen molar-refractivity contribution in [2.75, 3.05) is 18.1 Å². The van der Waals surface area contributed by atoms with Crippen molar-refractivity contribution in [2.45, 2.75) is 38.6 Å². The van der Waals surface area contributed by atoms with E-state index in [1.54, 1.807) is 0 Å². The van der Waals surface area contributed by atoms with E-state index < -0.39 is 0 Å². The van der Waals surface area contributed by atoms with Crippen LogP contribution < -0.4 is 5.32 Å². The first-order valence-electron chi connectivity index (χ1n) is 5.10. The number of nitrogens with one attached hydrogen (secondary N) is 1. The van der Waals surface area contributed by atoms with Gasteiger partial charge >= 0.3 is 0 Å². The fourth-order valence-corrected chi connectivity index (χ4v) is 3.23. The first-order chi connectivity index (χ1) is 5.79. The van der Waals surface area contributed by atoms with E-state index in [9.17, 15) is 0 Å². The molecule has 1 aliphatic carbocycles. The number of hydrogen-bond acceptors (Lipinski definition) is 2. The Hall–Kier alpha value is 0.310. The summed E-state index contributed by atoms with van der Waals surface area (Å²) in [5.74, 6) is 2.71. The van der Waals surface area contributed by atoms with Gasteiger partial charge in [-0.1, -0.05) is 13.3 Å². The minimum Gasteiger partial charge on any atom is -0.313 e. The van der Waals surface area contributed by atoms with Gasteiger partial charge in [-0.05, 0) is 30.4 Å². The van der Waals surface area contributed by atoms with Crippen molar-refractivity contribution in [3.8, 4) is 0 Å². The maximum atomic E-state index is 3.70. The summed E-state index contributed by atoms with van der Waals surface area (Å²) in [6.07, 6.45) is 5.73. The van der Waals surface area contributed by atoms with Gasteiger partial charge in [-0.2, -0.15) is 11.8 Å². The quantitative estimate of drug-likeness (QED) is 0.724. The third kappa shape index (κ3) is 1.97. The summed E-state index contributed by atoms with van der Waals surface area (Å²) in [7, 11) is 0. The molecule has 12 heavy (non-hydrogen) atoms. The highest BCUT2D eigenvalue weighted by Gasteiger charge is 2.32.